The van der Waals surface area contributed by atoms with E-state index < -0.39 is 0 Å². The Bertz CT molecular complexity index is 1290. The molecule has 0 atom stereocenters. The van der Waals surface area contributed by atoms with Gasteiger partial charge in [0.25, 0.3) is 0 Å². The lowest BCUT2D eigenvalue weighted by molar-refractivity contribution is 0.104. The number of rotatable bonds is 8. The molecule has 0 bridgehead atoms. The fourth-order valence-electron chi connectivity index (χ4n) is 4.90. The van der Waals surface area contributed by atoms with Gasteiger partial charge in [0.15, 0.2) is 5.78 Å². The van der Waals surface area contributed by atoms with Gasteiger partial charge in [-0.1, -0.05) is 43.2 Å². The zero-order valence-electron chi connectivity index (χ0n) is 20.9. The first kappa shape index (κ1) is 24.5. The largest absolute Gasteiger partial charge is 0.497 e. The van der Waals surface area contributed by atoms with Crippen LogP contribution in [0.5, 0.6) is 11.5 Å². The first-order valence-corrected chi connectivity index (χ1v) is 13.7. The maximum absolute atomic E-state index is 13.9. The number of thiophene rings is 1. The monoisotopic (exact) mass is 499 g/mol. The lowest BCUT2D eigenvalue weighted by Crippen LogP contribution is -2.29. The first-order chi connectivity index (χ1) is 17.7. The zero-order valence-corrected chi connectivity index (χ0v) is 21.7. The first-order valence-electron chi connectivity index (χ1n) is 12.9. The van der Waals surface area contributed by atoms with Gasteiger partial charge in [-0.2, -0.15) is 0 Å². The van der Waals surface area contributed by atoms with Crippen molar-refractivity contribution in [3.63, 3.8) is 0 Å². The number of fused-ring (bicyclic) bond motifs is 1. The summed E-state index contributed by atoms with van der Waals surface area (Å²) in [5.41, 5.74) is 2.59. The lowest BCUT2D eigenvalue weighted by atomic mass is 9.96. The molecule has 1 aromatic heterocycles. The second-order valence-electron chi connectivity index (χ2n) is 9.34. The van der Waals surface area contributed by atoms with Crippen molar-refractivity contribution in [2.24, 2.45) is 0 Å². The van der Waals surface area contributed by atoms with E-state index in [1.54, 1.807) is 18.4 Å². The van der Waals surface area contributed by atoms with Crippen LogP contribution in [-0.2, 0) is 0 Å². The van der Waals surface area contributed by atoms with Gasteiger partial charge in [0.1, 0.15) is 18.1 Å². The molecular formula is C31H33NO3S. The number of methoxy groups -OCH3 is 1. The van der Waals surface area contributed by atoms with Crippen molar-refractivity contribution >= 4 is 32.8 Å². The van der Waals surface area contributed by atoms with E-state index in [9.17, 15) is 4.79 Å². The number of allylic oxidation sites excluding steroid dienone is 6. The van der Waals surface area contributed by atoms with Gasteiger partial charge < -0.3 is 9.47 Å². The molecule has 3 aromatic rings. The van der Waals surface area contributed by atoms with Crippen molar-refractivity contribution in [1.29, 1.82) is 0 Å². The standard InChI is InChI=1S/C31H33NO3S/c1-34-26-16-17-27-28(22-26)36-31(24-10-6-2-3-7-11-24)29(27)30(33)23-12-14-25(15-13-23)35-21-20-32-18-8-4-5-9-19-32/h2-3,6-7,10,12-17,22H,4-5,8-9,11,18-21H2,1H3. The number of nitrogens with zero attached hydrogens (tertiary/aromatic N) is 1. The Hall–Kier alpha value is -3.15. The second kappa shape index (κ2) is 11.7. The average molecular weight is 500 g/mol. The van der Waals surface area contributed by atoms with E-state index in [0.29, 0.717) is 12.2 Å². The molecule has 2 aliphatic rings. The zero-order chi connectivity index (χ0) is 24.7. The number of hydrogen-bond donors (Lipinski definition) is 0. The van der Waals surface area contributed by atoms with Crippen LogP contribution in [-0.4, -0.2) is 44.0 Å². The molecule has 36 heavy (non-hydrogen) atoms. The quantitative estimate of drug-likeness (QED) is 0.305. The third kappa shape index (κ3) is 5.63. The van der Waals surface area contributed by atoms with Crippen LogP contribution < -0.4 is 9.47 Å². The molecule has 4 nitrogen and oxygen atoms in total. The van der Waals surface area contributed by atoms with Crippen LogP contribution in [0.15, 0.2) is 72.8 Å². The molecule has 0 amide bonds. The van der Waals surface area contributed by atoms with Gasteiger partial charge in [-0.15, -0.1) is 11.3 Å². The minimum atomic E-state index is 0.0376. The highest BCUT2D eigenvalue weighted by molar-refractivity contribution is 7.20. The molecule has 0 spiro atoms. The number of carbonyl (C=O) groups is 1. The van der Waals surface area contributed by atoms with Gasteiger partial charge in [0, 0.05) is 32.6 Å². The van der Waals surface area contributed by atoms with Crippen LogP contribution in [0.3, 0.4) is 0 Å². The van der Waals surface area contributed by atoms with Gasteiger partial charge in [-0.05, 0) is 80.4 Å². The summed E-state index contributed by atoms with van der Waals surface area (Å²) < 4.78 is 12.5. The molecule has 2 aromatic carbocycles. The van der Waals surface area contributed by atoms with Crippen molar-refractivity contribution in [2.45, 2.75) is 32.1 Å². The Kier molecular flexibility index (Phi) is 7.99. The molecule has 0 N–H and O–H groups in total. The third-order valence-corrected chi connectivity index (χ3v) is 8.13. The van der Waals surface area contributed by atoms with Crippen molar-refractivity contribution in [3.8, 4) is 11.5 Å². The minimum absolute atomic E-state index is 0.0376. The Labute approximate surface area is 217 Å². The molecule has 1 aliphatic heterocycles. The molecule has 5 rings (SSSR count). The van der Waals surface area contributed by atoms with Crippen LogP contribution in [0.1, 0.15) is 52.9 Å². The summed E-state index contributed by atoms with van der Waals surface area (Å²) in [7, 11) is 1.67. The molecule has 0 radical (unpaired) electrons. The molecule has 2 heterocycles. The summed E-state index contributed by atoms with van der Waals surface area (Å²) in [5.74, 6) is 1.64. The Morgan fingerprint density at radius 2 is 1.72 bits per heavy atom. The SMILES string of the molecule is COc1ccc2c(C(=O)c3ccc(OCCN4CCCCCC4)cc3)c(C3=CC=CC=CC3)sc2c1. The van der Waals surface area contributed by atoms with Crippen molar-refractivity contribution in [1.82, 2.24) is 4.90 Å². The van der Waals surface area contributed by atoms with Gasteiger partial charge in [0.05, 0.1) is 7.11 Å². The number of ketones is 1. The van der Waals surface area contributed by atoms with Crippen LogP contribution in [0, 0.1) is 0 Å². The predicted octanol–water partition coefficient (Wildman–Crippen LogP) is 7.30. The number of ether oxygens (including phenoxy) is 2. The minimum Gasteiger partial charge on any atom is -0.497 e. The number of hydrogen-bond acceptors (Lipinski definition) is 5. The van der Waals surface area contributed by atoms with E-state index in [1.807, 2.05) is 60.7 Å². The molecule has 1 fully saturated rings. The summed E-state index contributed by atoms with van der Waals surface area (Å²) in [6, 6.07) is 13.6. The number of likely N-dealkylation sites (tertiary alicyclic amines) is 1. The number of carbonyl (C=O) groups excluding carboxylic acids is 1. The maximum Gasteiger partial charge on any atom is 0.195 e. The van der Waals surface area contributed by atoms with E-state index >= 15 is 0 Å². The smallest absolute Gasteiger partial charge is 0.195 e. The maximum atomic E-state index is 13.9. The third-order valence-electron chi connectivity index (χ3n) is 6.90. The van der Waals surface area contributed by atoms with E-state index in [1.165, 1.54) is 38.8 Å². The van der Waals surface area contributed by atoms with Crippen LogP contribution >= 0.6 is 11.3 Å². The van der Waals surface area contributed by atoms with Gasteiger partial charge in [-0.25, -0.2) is 0 Å². The Morgan fingerprint density at radius 1 is 0.944 bits per heavy atom. The van der Waals surface area contributed by atoms with E-state index in [2.05, 4.69) is 17.1 Å². The Morgan fingerprint density at radius 3 is 2.50 bits per heavy atom. The molecule has 0 unspecified atom stereocenters. The molecular weight excluding hydrogens is 466 g/mol. The fourth-order valence-corrected chi connectivity index (χ4v) is 6.16. The van der Waals surface area contributed by atoms with Gasteiger partial charge >= 0.3 is 0 Å². The van der Waals surface area contributed by atoms with E-state index in [4.69, 9.17) is 9.47 Å². The van der Waals surface area contributed by atoms with Gasteiger partial charge in [-0.3, -0.25) is 9.69 Å². The number of benzene rings is 2. The summed E-state index contributed by atoms with van der Waals surface area (Å²) >= 11 is 1.66. The summed E-state index contributed by atoms with van der Waals surface area (Å²) in [6.07, 6.45) is 16.4. The highest BCUT2D eigenvalue weighted by Gasteiger charge is 2.23. The molecule has 5 heteroatoms. The van der Waals surface area contributed by atoms with Crippen molar-refractivity contribution in [3.05, 3.63) is 88.8 Å². The van der Waals surface area contributed by atoms with Crippen LogP contribution in [0.4, 0.5) is 0 Å². The molecule has 0 saturated carbocycles. The topological polar surface area (TPSA) is 38.8 Å². The summed E-state index contributed by atoms with van der Waals surface area (Å²) in [6.45, 7) is 3.96. The van der Waals surface area contributed by atoms with Crippen LogP contribution in [0.2, 0.25) is 0 Å². The summed E-state index contributed by atoms with van der Waals surface area (Å²) in [4.78, 5) is 17.4. The molecule has 186 valence electrons. The van der Waals surface area contributed by atoms with Crippen molar-refractivity contribution < 1.29 is 14.3 Å². The Balaban J connectivity index is 1.37. The van der Waals surface area contributed by atoms with E-state index in [0.717, 1.165) is 50.6 Å². The van der Waals surface area contributed by atoms with E-state index in [-0.39, 0.29) is 5.78 Å². The second-order valence-corrected chi connectivity index (χ2v) is 10.4. The highest BCUT2D eigenvalue weighted by atomic mass is 32.1. The lowest BCUT2D eigenvalue weighted by Gasteiger charge is -2.19. The fraction of sp³-hybridized carbons (Fsp3) is 0.323. The van der Waals surface area contributed by atoms with Crippen molar-refractivity contribution in [2.75, 3.05) is 33.4 Å². The highest BCUT2D eigenvalue weighted by Crippen LogP contribution is 2.40. The summed E-state index contributed by atoms with van der Waals surface area (Å²) in [5, 5.41) is 0.969. The average Bonchev–Trinajstić information content (AvgIpc) is 3.11. The van der Waals surface area contributed by atoms with Gasteiger partial charge in [0.2, 0.25) is 0 Å². The predicted molar refractivity (Wildman–Crippen MR) is 150 cm³/mol. The normalized spacial score (nSPS) is 16.4. The van der Waals surface area contributed by atoms with Crippen LogP contribution in [0.25, 0.3) is 15.7 Å². The molecule has 1 saturated heterocycles. The molecule has 1 aliphatic carbocycles.